The second-order valence-corrected chi connectivity index (χ2v) is 5.93. The van der Waals surface area contributed by atoms with Gasteiger partial charge in [-0.25, -0.2) is 4.39 Å². The number of hydrogen-bond acceptors (Lipinski definition) is 3. The lowest BCUT2D eigenvalue weighted by atomic mass is 10.0. The molecule has 1 aliphatic heterocycles. The van der Waals surface area contributed by atoms with Crippen LogP contribution in [0.3, 0.4) is 0 Å². The third-order valence-corrected chi connectivity index (χ3v) is 4.06. The first-order chi connectivity index (χ1) is 11.9. The van der Waals surface area contributed by atoms with Crippen LogP contribution in [-0.2, 0) is 11.0 Å². The van der Waals surface area contributed by atoms with Crippen LogP contribution in [0.1, 0.15) is 5.56 Å². The Bertz CT molecular complexity index is 773. The van der Waals surface area contributed by atoms with Crippen molar-refractivity contribution in [2.45, 2.75) is 6.18 Å². The highest BCUT2D eigenvalue weighted by molar-refractivity contribution is 5.64. The molecule has 1 N–H and O–H groups in total. The number of hydrogen-bond donors (Lipinski definition) is 1. The van der Waals surface area contributed by atoms with Crippen LogP contribution in [0.5, 0.6) is 0 Å². The lowest BCUT2D eigenvalue weighted by Crippen LogP contribution is -2.48. The number of alkyl halides is 3. The van der Waals surface area contributed by atoms with Gasteiger partial charge in [0.15, 0.2) is 0 Å². The maximum absolute atomic E-state index is 13.7. The van der Waals surface area contributed by atoms with Crippen molar-refractivity contribution < 1.29 is 22.4 Å². The lowest BCUT2D eigenvalue weighted by molar-refractivity contribution is -0.140. The highest BCUT2D eigenvalue weighted by Crippen LogP contribution is 2.33. The minimum Gasteiger partial charge on any atom is -0.385 e. The van der Waals surface area contributed by atoms with Crippen molar-refractivity contribution in [2.75, 3.05) is 25.0 Å². The molecule has 0 unspecified atom stereocenters. The highest BCUT2D eigenvalue weighted by Gasteiger charge is 2.34. The number of carbonyl (C=O) groups excluding carboxylic acids is 1. The van der Waals surface area contributed by atoms with Crippen LogP contribution in [0.25, 0.3) is 11.3 Å². The fourth-order valence-corrected chi connectivity index (χ4v) is 2.69. The summed E-state index contributed by atoms with van der Waals surface area (Å²) in [6, 6.07) is 6.13. The number of nitrogens with zero attached hydrogens (tertiary/aromatic N) is 2. The molecule has 4 nitrogen and oxygen atoms in total. The third-order valence-electron chi connectivity index (χ3n) is 4.06. The van der Waals surface area contributed by atoms with E-state index in [9.17, 15) is 22.4 Å². The van der Waals surface area contributed by atoms with Crippen LogP contribution in [0, 0.1) is 11.7 Å². The van der Waals surface area contributed by atoms with E-state index in [1.807, 2.05) is 0 Å². The number of rotatable bonds is 5. The predicted octanol–water partition coefficient (Wildman–Crippen LogP) is 3.41. The van der Waals surface area contributed by atoms with Crippen molar-refractivity contribution in [1.29, 1.82) is 0 Å². The standard InChI is InChI=1S/C17H15F4N3O/c18-15-5-12(1-2-14(15)17(19,20)21)16-6-13(3-4-22-16)23-7-11-8-24(9-11)10-25/h1-6,10-11H,7-9H2,(H,22,23). The van der Waals surface area contributed by atoms with E-state index >= 15 is 0 Å². The van der Waals surface area contributed by atoms with Gasteiger partial charge < -0.3 is 10.2 Å². The summed E-state index contributed by atoms with van der Waals surface area (Å²) in [6.45, 7) is 2.05. The number of aromatic nitrogens is 1. The summed E-state index contributed by atoms with van der Waals surface area (Å²) in [5.74, 6) is -0.973. The molecular weight excluding hydrogens is 338 g/mol. The van der Waals surface area contributed by atoms with Crippen molar-refractivity contribution in [3.63, 3.8) is 0 Å². The second-order valence-electron chi connectivity index (χ2n) is 5.93. The predicted molar refractivity (Wildman–Crippen MR) is 84.2 cm³/mol. The van der Waals surface area contributed by atoms with Gasteiger partial charge in [0.2, 0.25) is 6.41 Å². The molecule has 0 aliphatic carbocycles. The van der Waals surface area contributed by atoms with Gasteiger partial charge >= 0.3 is 6.18 Å². The normalized spacial score (nSPS) is 15.0. The van der Waals surface area contributed by atoms with Crippen LogP contribution in [0.4, 0.5) is 23.2 Å². The Morgan fingerprint density at radius 2 is 2.00 bits per heavy atom. The average molecular weight is 353 g/mol. The first-order valence-electron chi connectivity index (χ1n) is 7.63. The van der Waals surface area contributed by atoms with Crippen LogP contribution in [0.2, 0.25) is 0 Å². The fourth-order valence-electron chi connectivity index (χ4n) is 2.69. The van der Waals surface area contributed by atoms with Gasteiger partial charge in [-0.3, -0.25) is 9.78 Å². The van der Waals surface area contributed by atoms with Crippen molar-refractivity contribution in [2.24, 2.45) is 5.92 Å². The molecule has 1 fully saturated rings. The molecule has 1 aliphatic rings. The maximum Gasteiger partial charge on any atom is 0.419 e. The molecule has 25 heavy (non-hydrogen) atoms. The van der Waals surface area contributed by atoms with E-state index in [0.717, 1.165) is 24.2 Å². The Morgan fingerprint density at radius 1 is 1.24 bits per heavy atom. The van der Waals surface area contributed by atoms with Crippen molar-refractivity contribution in [1.82, 2.24) is 9.88 Å². The molecule has 2 aromatic rings. The van der Waals surface area contributed by atoms with E-state index in [-0.39, 0.29) is 5.56 Å². The van der Waals surface area contributed by atoms with E-state index in [0.29, 0.717) is 31.2 Å². The Labute approximate surface area is 141 Å². The minimum absolute atomic E-state index is 0.268. The molecule has 1 aromatic heterocycles. The summed E-state index contributed by atoms with van der Waals surface area (Å²) in [4.78, 5) is 16.3. The first-order valence-corrected chi connectivity index (χ1v) is 7.63. The van der Waals surface area contributed by atoms with Crippen molar-refractivity contribution >= 4 is 12.1 Å². The maximum atomic E-state index is 13.7. The Kier molecular flexibility index (Phi) is 4.61. The van der Waals surface area contributed by atoms with Gasteiger partial charge in [-0.05, 0) is 24.3 Å². The number of carbonyl (C=O) groups is 1. The molecule has 8 heteroatoms. The number of benzene rings is 1. The van der Waals surface area contributed by atoms with E-state index in [2.05, 4.69) is 10.3 Å². The molecule has 0 atom stereocenters. The Morgan fingerprint density at radius 3 is 2.64 bits per heavy atom. The van der Waals surface area contributed by atoms with Crippen molar-refractivity contribution in [3.05, 3.63) is 47.9 Å². The van der Waals surface area contributed by atoms with Gasteiger partial charge in [-0.2, -0.15) is 13.2 Å². The topological polar surface area (TPSA) is 45.2 Å². The number of pyridine rings is 1. The van der Waals surface area contributed by atoms with Crippen molar-refractivity contribution in [3.8, 4) is 11.3 Å². The molecule has 0 spiro atoms. The van der Waals surface area contributed by atoms with Crippen LogP contribution < -0.4 is 5.32 Å². The van der Waals surface area contributed by atoms with E-state index < -0.39 is 17.6 Å². The summed E-state index contributed by atoms with van der Waals surface area (Å²) in [6.07, 6.45) is -2.41. The molecule has 1 amide bonds. The van der Waals surface area contributed by atoms with Gasteiger partial charge in [0.25, 0.3) is 0 Å². The van der Waals surface area contributed by atoms with Gasteiger partial charge in [0, 0.05) is 43.0 Å². The average Bonchev–Trinajstić information content (AvgIpc) is 2.52. The van der Waals surface area contributed by atoms with Gasteiger partial charge in [-0.15, -0.1) is 0 Å². The zero-order valence-corrected chi connectivity index (χ0v) is 13.1. The molecule has 0 radical (unpaired) electrons. The van der Waals surface area contributed by atoms with Gasteiger partial charge in [0.1, 0.15) is 5.82 Å². The number of amides is 1. The van der Waals surface area contributed by atoms with Crippen LogP contribution in [0.15, 0.2) is 36.5 Å². The fraction of sp³-hybridized carbons (Fsp3) is 0.294. The molecule has 2 heterocycles. The highest BCUT2D eigenvalue weighted by atomic mass is 19.4. The summed E-state index contributed by atoms with van der Waals surface area (Å²) in [7, 11) is 0. The first kappa shape index (κ1) is 17.2. The van der Waals surface area contributed by atoms with E-state index in [4.69, 9.17) is 0 Å². The molecule has 0 saturated carbocycles. The molecule has 1 aromatic carbocycles. The van der Waals surface area contributed by atoms with Gasteiger partial charge in [-0.1, -0.05) is 6.07 Å². The molecule has 1 saturated heterocycles. The van der Waals surface area contributed by atoms with E-state index in [1.165, 1.54) is 12.3 Å². The SMILES string of the molecule is O=CN1CC(CNc2ccnc(-c3ccc(C(F)(F)F)c(F)c3)c2)C1. The molecule has 3 rings (SSSR count). The smallest absolute Gasteiger partial charge is 0.385 e. The zero-order valence-electron chi connectivity index (χ0n) is 13.1. The number of nitrogens with one attached hydrogen (secondary N) is 1. The largest absolute Gasteiger partial charge is 0.419 e. The summed E-state index contributed by atoms with van der Waals surface area (Å²) in [5.41, 5.74) is 0.0794. The molecule has 132 valence electrons. The van der Waals surface area contributed by atoms with Gasteiger partial charge in [0.05, 0.1) is 11.3 Å². The summed E-state index contributed by atoms with van der Waals surface area (Å²) < 4.78 is 51.6. The Balaban J connectivity index is 1.71. The minimum atomic E-state index is -4.72. The summed E-state index contributed by atoms with van der Waals surface area (Å²) >= 11 is 0. The molecular formula is C17H15F4N3O. The van der Waals surface area contributed by atoms with Crippen LogP contribution in [-0.4, -0.2) is 35.9 Å². The van der Waals surface area contributed by atoms with E-state index in [1.54, 1.807) is 17.0 Å². The number of halogens is 4. The summed E-state index contributed by atoms with van der Waals surface area (Å²) in [5, 5.41) is 3.20. The number of anilines is 1. The Hall–Kier alpha value is -2.64. The number of likely N-dealkylation sites (tertiary alicyclic amines) is 1. The zero-order chi connectivity index (χ0) is 18.0. The molecule has 0 bridgehead atoms. The quantitative estimate of drug-likeness (QED) is 0.662. The van der Waals surface area contributed by atoms with Crippen LogP contribution >= 0.6 is 0 Å². The lowest BCUT2D eigenvalue weighted by Gasteiger charge is -2.36. The monoisotopic (exact) mass is 353 g/mol. The third kappa shape index (κ3) is 3.89. The second kappa shape index (κ2) is 6.70.